The van der Waals surface area contributed by atoms with Gasteiger partial charge in [0.2, 0.25) is 0 Å². The molecule has 5 nitrogen and oxygen atoms in total. The van der Waals surface area contributed by atoms with Crippen LogP contribution in [0.25, 0.3) is 0 Å². The summed E-state index contributed by atoms with van der Waals surface area (Å²) in [5.74, 6) is -0.528. The van der Waals surface area contributed by atoms with Crippen LogP contribution in [0.15, 0.2) is 54.6 Å². The Morgan fingerprint density at radius 2 is 1.83 bits per heavy atom. The maximum atomic E-state index is 13.2. The number of carbonyl (C=O) groups is 1. The highest BCUT2D eigenvalue weighted by atomic mass is 19.4. The third-order valence-electron chi connectivity index (χ3n) is 4.97. The molecule has 0 unspecified atom stereocenters. The van der Waals surface area contributed by atoms with Gasteiger partial charge in [-0.1, -0.05) is 42.5 Å². The number of carbonyl (C=O) groups excluding carboxylic acids is 1. The van der Waals surface area contributed by atoms with Gasteiger partial charge in [0.25, 0.3) is 5.91 Å². The minimum absolute atomic E-state index is 0.293. The Labute approximate surface area is 165 Å². The van der Waals surface area contributed by atoms with Gasteiger partial charge in [-0.05, 0) is 24.1 Å². The molecule has 1 aromatic heterocycles. The van der Waals surface area contributed by atoms with E-state index >= 15 is 0 Å². The topological polar surface area (TPSA) is 61.0 Å². The lowest BCUT2D eigenvalue weighted by atomic mass is 10.0. The summed E-state index contributed by atoms with van der Waals surface area (Å²) in [6.07, 6.45) is -3.95. The molecule has 1 aliphatic rings. The molecule has 2 heterocycles. The average molecular weight is 400 g/mol. The molecule has 2 aromatic carbocycles. The number of H-pyrrole nitrogens is 1. The molecule has 0 radical (unpaired) electrons. The average Bonchev–Trinajstić information content (AvgIpc) is 3.10. The minimum Gasteiger partial charge on any atom is -0.305 e. The van der Waals surface area contributed by atoms with Gasteiger partial charge in [-0.2, -0.15) is 18.3 Å². The number of hydrogen-bond acceptors (Lipinski definition) is 3. The Morgan fingerprint density at radius 3 is 2.59 bits per heavy atom. The van der Waals surface area contributed by atoms with Crippen LogP contribution < -0.4 is 5.32 Å². The fourth-order valence-electron chi connectivity index (χ4n) is 3.56. The largest absolute Gasteiger partial charge is 0.417 e. The van der Waals surface area contributed by atoms with E-state index in [0.717, 1.165) is 30.4 Å². The van der Waals surface area contributed by atoms with E-state index < -0.39 is 23.2 Å². The fraction of sp³-hybridized carbons (Fsp3) is 0.238. The van der Waals surface area contributed by atoms with Gasteiger partial charge < -0.3 is 5.32 Å². The zero-order valence-corrected chi connectivity index (χ0v) is 15.5. The molecule has 8 heteroatoms. The monoisotopic (exact) mass is 400 g/mol. The summed E-state index contributed by atoms with van der Waals surface area (Å²) < 4.78 is 39.5. The number of halogens is 3. The van der Waals surface area contributed by atoms with Gasteiger partial charge in [0.15, 0.2) is 5.82 Å². The molecule has 0 atom stereocenters. The molecule has 0 saturated heterocycles. The molecule has 150 valence electrons. The van der Waals surface area contributed by atoms with Gasteiger partial charge in [0.05, 0.1) is 16.8 Å². The van der Waals surface area contributed by atoms with Gasteiger partial charge in [-0.25, -0.2) is 0 Å². The van der Waals surface area contributed by atoms with Crippen LogP contribution in [0.4, 0.5) is 19.0 Å². The lowest BCUT2D eigenvalue weighted by Gasteiger charge is -2.26. The first kappa shape index (κ1) is 19.2. The van der Waals surface area contributed by atoms with E-state index in [4.69, 9.17) is 0 Å². The van der Waals surface area contributed by atoms with Crippen molar-refractivity contribution in [2.45, 2.75) is 25.7 Å². The molecule has 4 rings (SSSR count). The molecule has 0 saturated carbocycles. The van der Waals surface area contributed by atoms with Crippen LogP contribution in [0.2, 0.25) is 0 Å². The van der Waals surface area contributed by atoms with Crippen LogP contribution in [0.3, 0.4) is 0 Å². The molecular weight excluding hydrogens is 381 g/mol. The third kappa shape index (κ3) is 4.17. The molecule has 0 fully saturated rings. The van der Waals surface area contributed by atoms with Crippen LogP contribution in [-0.2, 0) is 25.7 Å². The van der Waals surface area contributed by atoms with Gasteiger partial charge in [-0.3, -0.25) is 14.8 Å². The van der Waals surface area contributed by atoms with Gasteiger partial charge in [0, 0.05) is 25.2 Å². The van der Waals surface area contributed by atoms with Crippen molar-refractivity contribution in [3.8, 4) is 0 Å². The number of rotatable bonds is 4. The second kappa shape index (κ2) is 7.71. The number of amides is 1. The van der Waals surface area contributed by atoms with Crippen LogP contribution in [0.5, 0.6) is 0 Å². The number of nitrogens with zero attached hydrogens (tertiary/aromatic N) is 2. The SMILES string of the molecule is O=C(Nc1n[nH]c2c1CCN(Cc1ccccc1)C2)c1ccccc1C(F)(F)F. The summed E-state index contributed by atoms with van der Waals surface area (Å²) >= 11 is 0. The second-order valence-corrected chi connectivity index (χ2v) is 6.97. The number of aromatic nitrogens is 2. The Morgan fingerprint density at radius 1 is 1.10 bits per heavy atom. The Balaban J connectivity index is 1.48. The standard InChI is InChI=1S/C21H19F3N4O/c22-21(23,24)17-9-5-4-8-15(17)20(29)25-19-16-10-11-28(13-18(16)26-27-19)12-14-6-2-1-3-7-14/h1-9H,10-13H2,(H2,25,26,27,29). The summed E-state index contributed by atoms with van der Waals surface area (Å²) in [5, 5.41) is 9.59. The lowest BCUT2D eigenvalue weighted by molar-refractivity contribution is -0.137. The van der Waals surface area contributed by atoms with Crippen molar-refractivity contribution in [1.82, 2.24) is 15.1 Å². The van der Waals surface area contributed by atoms with E-state index in [9.17, 15) is 18.0 Å². The predicted octanol–water partition coefficient (Wildman–Crippen LogP) is 4.24. The maximum absolute atomic E-state index is 13.2. The highest BCUT2D eigenvalue weighted by Gasteiger charge is 2.35. The van der Waals surface area contributed by atoms with Crippen LogP contribution >= 0.6 is 0 Å². The zero-order chi connectivity index (χ0) is 20.4. The quantitative estimate of drug-likeness (QED) is 0.689. The molecule has 0 aliphatic carbocycles. The van der Waals surface area contributed by atoms with E-state index in [1.807, 2.05) is 18.2 Å². The van der Waals surface area contributed by atoms with Crippen molar-refractivity contribution < 1.29 is 18.0 Å². The highest BCUT2D eigenvalue weighted by molar-refractivity contribution is 6.05. The van der Waals surface area contributed by atoms with E-state index in [2.05, 4.69) is 32.5 Å². The summed E-state index contributed by atoms with van der Waals surface area (Å²) in [7, 11) is 0. The van der Waals surface area contributed by atoms with Crippen molar-refractivity contribution in [1.29, 1.82) is 0 Å². The van der Waals surface area contributed by atoms with Crippen LogP contribution in [-0.4, -0.2) is 27.5 Å². The molecule has 29 heavy (non-hydrogen) atoms. The highest BCUT2D eigenvalue weighted by Crippen LogP contribution is 2.32. The number of aromatic amines is 1. The summed E-state index contributed by atoms with van der Waals surface area (Å²) in [4.78, 5) is 14.7. The van der Waals surface area contributed by atoms with Crippen LogP contribution in [0, 0.1) is 0 Å². The summed E-state index contributed by atoms with van der Waals surface area (Å²) in [6.45, 7) is 2.19. The number of fused-ring (bicyclic) bond motifs is 1. The predicted molar refractivity (Wildman–Crippen MR) is 102 cm³/mol. The number of nitrogens with one attached hydrogen (secondary N) is 2. The Hall–Kier alpha value is -3.13. The Kier molecular flexibility index (Phi) is 5.10. The third-order valence-corrected chi connectivity index (χ3v) is 4.97. The molecule has 0 bridgehead atoms. The van der Waals surface area contributed by atoms with Crippen molar-refractivity contribution in [2.24, 2.45) is 0 Å². The smallest absolute Gasteiger partial charge is 0.305 e. The van der Waals surface area contributed by atoms with Crippen molar-refractivity contribution in [3.63, 3.8) is 0 Å². The second-order valence-electron chi connectivity index (χ2n) is 6.97. The lowest BCUT2D eigenvalue weighted by Crippen LogP contribution is -2.30. The van der Waals surface area contributed by atoms with E-state index in [1.54, 1.807) is 0 Å². The van der Waals surface area contributed by atoms with Gasteiger partial charge in [0.1, 0.15) is 0 Å². The Bertz CT molecular complexity index is 1010. The first-order valence-corrected chi connectivity index (χ1v) is 9.22. The molecular formula is C21H19F3N4O. The van der Waals surface area contributed by atoms with E-state index in [0.29, 0.717) is 18.8 Å². The number of alkyl halides is 3. The summed E-state index contributed by atoms with van der Waals surface area (Å²) in [6, 6.07) is 14.8. The van der Waals surface area contributed by atoms with Gasteiger partial charge in [-0.15, -0.1) is 0 Å². The molecule has 1 amide bonds. The number of hydrogen-bond donors (Lipinski definition) is 2. The zero-order valence-electron chi connectivity index (χ0n) is 15.5. The molecule has 2 N–H and O–H groups in total. The summed E-state index contributed by atoms with van der Waals surface area (Å²) in [5.41, 5.74) is 1.53. The molecule has 0 spiro atoms. The van der Waals surface area contributed by atoms with E-state index in [-0.39, 0.29) is 0 Å². The van der Waals surface area contributed by atoms with Gasteiger partial charge >= 0.3 is 6.18 Å². The number of benzene rings is 2. The van der Waals surface area contributed by atoms with Crippen molar-refractivity contribution >= 4 is 11.7 Å². The number of anilines is 1. The fourth-order valence-corrected chi connectivity index (χ4v) is 3.56. The van der Waals surface area contributed by atoms with Crippen molar-refractivity contribution in [3.05, 3.63) is 82.5 Å². The normalized spacial score (nSPS) is 14.4. The maximum Gasteiger partial charge on any atom is 0.417 e. The molecule has 3 aromatic rings. The van der Waals surface area contributed by atoms with Crippen LogP contribution in [0.1, 0.15) is 32.7 Å². The molecule has 1 aliphatic heterocycles. The van der Waals surface area contributed by atoms with E-state index in [1.165, 1.54) is 23.8 Å². The minimum atomic E-state index is -4.60. The first-order chi connectivity index (χ1) is 13.9. The van der Waals surface area contributed by atoms with Crippen molar-refractivity contribution in [2.75, 3.05) is 11.9 Å². The first-order valence-electron chi connectivity index (χ1n) is 9.22.